The van der Waals surface area contributed by atoms with E-state index in [4.69, 9.17) is 0 Å². The first kappa shape index (κ1) is 20.8. The van der Waals surface area contributed by atoms with Gasteiger partial charge < -0.3 is 4.90 Å². The van der Waals surface area contributed by atoms with Gasteiger partial charge in [-0.1, -0.05) is 164 Å². The molecular formula is C46H33N. The number of fused-ring (bicyclic) bond motifs is 1. The molecule has 8 aromatic rings. The average Bonchev–Trinajstić information content (AvgIpc) is 3.22. The molecule has 0 saturated heterocycles. The van der Waals surface area contributed by atoms with Crippen LogP contribution in [0.2, 0.25) is 0 Å². The van der Waals surface area contributed by atoms with E-state index in [0.29, 0.717) is 16.8 Å². The molecule has 0 N–H and O–H groups in total. The molecule has 1 nitrogen and oxygen atoms in total. The van der Waals surface area contributed by atoms with E-state index in [-0.39, 0.29) is 70.8 Å². The van der Waals surface area contributed by atoms with Gasteiger partial charge in [0.15, 0.2) is 0 Å². The summed E-state index contributed by atoms with van der Waals surface area (Å²) in [5.74, 6) is 0. The van der Waals surface area contributed by atoms with E-state index in [2.05, 4.69) is 0 Å². The van der Waals surface area contributed by atoms with Crippen molar-refractivity contribution < 1.29 is 11.0 Å². The zero-order valence-corrected chi connectivity index (χ0v) is 25.4. The largest absolute Gasteiger partial charge is 0.310 e. The van der Waals surface area contributed by atoms with E-state index in [1.807, 2.05) is 97.1 Å². The van der Waals surface area contributed by atoms with E-state index in [9.17, 15) is 11.0 Å². The van der Waals surface area contributed by atoms with Crippen molar-refractivity contribution in [2.24, 2.45) is 0 Å². The first-order valence-electron chi connectivity index (χ1n) is 19.5. The monoisotopic (exact) mass is 607 g/mol. The van der Waals surface area contributed by atoms with Crippen LogP contribution in [0.25, 0.3) is 55.3 Å². The normalized spacial score (nSPS) is 13.4. The number of nitrogens with zero attached hydrogens (tertiary/aromatic N) is 1. The van der Waals surface area contributed by atoms with Crippen molar-refractivity contribution in [1.82, 2.24) is 0 Å². The summed E-state index contributed by atoms with van der Waals surface area (Å²) in [6.07, 6.45) is 0. The number of hydrogen-bond acceptors (Lipinski definition) is 1. The van der Waals surface area contributed by atoms with Crippen LogP contribution < -0.4 is 4.90 Å². The highest BCUT2D eigenvalue weighted by Crippen LogP contribution is 2.43. The minimum absolute atomic E-state index is 0.120. The first-order valence-corrected chi connectivity index (χ1v) is 15.5. The predicted molar refractivity (Wildman–Crippen MR) is 200 cm³/mol. The van der Waals surface area contributed by atoms with Crippen LogP contribution in [0, 0.1) is 0 Å². The molecule has 0 aromatic heterocycles. The van der Waals surface area contributed by atoms with Crippen molar-refractivity contribution in [3.05, 3.63) is 200 Å². The van der Waals surface area contributed by atoms with E-state index < -0.39 is 0 Å². The van der Waals surface area contributed by atoms with Crippen molar-refractivity contribution in [2.75, 3.05) is 4.90 Å². The van der Waals surface area contributed by atoms with Gasteiger partial charge in [0.2, 0.25) is 0 Å². The van der Waals surface area contributed by atoms with E-state index >= 15 is 0 Å². The molecule has 0 aliphatic rings. The Morgan fingerprint density at radius 3 is 1.38 bits per heavy atom. The van der Waals surface area contributed by atoms with Gasteiger partial charge in [0, 0.05) is 17.1 Å². The lowest BCUT2D eigenvalue weighted by Crippen LogP contribution is -2.10. The Morgan fingerprint density at radius 2 is 0.809 bits per heavy atom. The van der Waals surface area contributed by atoms with Crippen LogP contribution in [-0.2, 0) is 0 Å². The van der Waals surface area contributed by atoms with Gasteiger partial charge >= 0.3 is 0 Å². The Morgan fingerprint density at radius 1 is 0.319 bits per heavy atom. The van der Waals surface area contributed by atoms with Crippen LogP contribution >= 0.6 is 0 Å². The predicted octanol–water partition coefficient (Wildman–Crippen LogP) is 13.0. The van der Waals surface area contributed by atoms with Crippen LogP contribution in [0.4, 0.5) is 17.1 Å². The standard InChI is InChI=1S/C46H33N/c1-4-13-34(14-5-1)36-23-27-40(28-24-36)47(41-29-25-37(26-30-41)35-15-6-2-7-16-35)42-31-32-44(38-17-8-3-9-18-38)46(33-42)45-22-12-20-39-19-10-11-21-43(39)45/h1-33H/i23D,24D,25D,26D,27D,28D,29D,30D. The molecule has 0 saturated carbocycles. The number of benzene rings is 8. The quantitative estimate of drug-likeness (QED) is 0.174. The summed E-state index contributed by atoms with van der Waals surface area (Å²) in [5, 5.41) is 2.01. The van der Waals surface area contributed by atoms with E-state index in [0.717, 1.165) is 33.0 Å². The van der Waals surface area contributed by atoms with Gasteiger partial charge in [-0.25, -0.2) is 0 Å². The maximum atomic E-state index is 9.43. The fourth-order valence-electron chi connectivity index (χ4n) is 5.93. The molecule has 8 rings (SSSR count). The highest BCUT2D eigenvalue weighted by atomic mass is 15.1. The van der Waals surface area contributed by atoms with Crippen LogP contribution in [0.15, 0.2) is 200 Å². The zero-order valence-electron chi connectivity index (χ0n) is 33.4. The molecule has 222 valence electrons. The molecule has 0 fully saturated rings. The molecule has 0 radical (unpaired) electrons. The molecule has 0 heterocycles. The molecule has 0 aliphatic heterocycles. The van der Waals surface area contributed by atoms with Crippen molar-refractivity contribution in [3.63, 3.8) is 0 Å². The highest BCUT2D eigenvalue weighted by Gasteiger charge is 2.18. The Bertz CT molecular complexity index is 2570. The molecule has 8 aromatic carbocycles. The third kappa shape index (κ3) is 5.72. The second kappa shape index (κ2) is 12.7. The zero-order chi connectivity index (χ0) is 38.4. The smallest absolute Gasteiger partial charge is 0.0645 e. The van der Waals surface area contributed by atoms with E-state index in [1.54, 1.807) is 54.6 Å². The van der Waals surface area contributed by atoms with Crippen molar-refractivity contribution in [1.29, 1.82) is 0 Å². The van der Waals surface area contributed by atoms with Crippen LogP contribution in [0.3, 0.4) is 0 Å². The number of hydrogen-bond donors (Lipinski definition) is 0. The van der Waals surface area contributed by atoms with Gasteiger partial charge in [0.1, 0.15) is 0 Å². The third-order valence-corrected chi connectivity index (χ3v) is 8.22. The molecule has 0 spiro atoms. The second-order valence-electron chi connectivity index (χ2n) is 11.1. The van der Waals surface area contributed by atoms with Crippen molar-refractivity contribution in [3.8, 4) is 44.5 Å². The number of anilines is 3. The van der Waals surface area contributed by atoms with Crippen LogP contribution in [0.5, 0.6) is 0 Å². The summed E-state index contributed by atoms with van der Waals surface area (Å²) >= 11 is 0. The Balaban J connectivity index is 1.48. The topological polar surface area (TPSA) is 3.24 Å². The second-order valence-corrected chi connectivity index (χ2v) is 11.1. The Labute approximate surface area is 287 Å². The molecule has 0 amide bonds. The molecule has 0 unspecified atom stereocenters. The lowest BCUT2D eigenvalue weighted by Gasteiger charge is -2.27. The van der Waals surface area contributed by atoms with Gasteiger partial charge in [-0.3, -0.25) is 0 Å². The summed E-state index contributed by atoms with van der Waals surface area (Å²) in [6, 6.07) is 44.4. The average molecular weight is 608 g/mol. The van der Waals surface area contributed by atoms with Gasteiger partial charge in [-0.2, -0.15) is 0 Å². The maximum Gasteiger partial charge on any atom is 0.0645 e. The summed E-state index contributed by atoms with van der Waals surface area (Å²) in [7, 11) is 0. The summed E-state index contributed by atoms with van der Waals surface area (Å²) in [4.78, 5) is 1.37. The molecule has 0 atom stereocenters. The summed E-state index contributed by atoms with van der Waals surface area (Å²) in [5.41, 5.74) is 4.73. The van der Waals surface area contributed by atoms with Gasteiger partial charge in [-0.15, -0.1) is 0 Å². The lowest BCUT2D eigenvalue weighted by atomic mass is 9.90. The molecule has 47 heavy (non-hydrogen) atoms. The SMILES string of the molecule is [2H]c1c([2H])c(N(c2ccc(-c3ccccc3)c(-c3cccc4ccccc34)c2)c2c([2H])c([2H])c(-c3ccccc3)c([2H])c2[2H])c([2H])c([2H])c1-c1ccccc1. The van der Waals surface area contributed by atoms with Crippen LogP contribution in [0.1, 0.15) is 11.0 Å². The third-order valence-electron chi connectivity index (χ3n) is 8.22. The number of rotatable bonds is 7. The molecule has 0 bridgehead atoms. The Kier molecular flexibility index (Phi) is 5.60. The van der Waals surface area contributed by atoms with Gasteiger partial charge in [-0.05, 0) is 91.6 Å². The fraction of sp³-hybridized carbons (Fsp3) is 0. The summed E-state index contributed by atoms with van der Waals surface area (Å²) < 4.78 is 74.5. The lowest BCUT2D eigenvalue weighted by molar-refractivity contribution is 1.28. The van der Waals surface area contributed by atoms with Crippen molar-refractivity contribution in [2.45, 2.75) is 0 Å². The maximum absolute atomic E-state index is 9.43. The molecular weight excluding hydrogens is 567 g/mol. The summed E-state index contributed by atoms with van der Waals surface area (Å²) in [6.45, 7) is 0. The van der Waals surface area contributed by atoms with Crippen molar-refractivity contribution >= 4 is 27.8 Å². The molecule has 0 aliphatic carbocycles. The first-order chi connectivity index (χ1) is 26.7. The van der Waals surface area contributed by atoms with Crippen LogP contribution in [-0.4, -0.2) is 0 Å². The molecule has 1 heteroatoms. The van der Waals surface area contributed by atoms with Gasteiger partial charge in [0.25, 0.3) is 0 Å². The van der Waals surface area contributed by atoms with E-state index in [1.165, 1.54) is 4.90 Å². The fourth-order valence-corrected chi connectivity index (χ4v) is 5.93. The minimum Gasteiger partial charge on any atom is -0.310 e. The minimum atomic E-state index is -0.386. The van der Waals surface area contributed by atoms with Gasteiger partial charge in [0.05, 0.1) is 11.0 Å². The Hall–Kier alpha value is -6.18. The highest BCUT2D eigenvalue weighted by molar-refractivity contribution is 6.01.